The van der Waals surface area contributed by atoms with Crippen molar-refractivity contribution in [3.05, 3.63) is 17.8 Å². The number of hydrogen-bond acceptors (Lipinski definition) is 5. The number of pyridine rings is 1. The van der Waals surface area contributed by atoms with Gasteiger partial charge in [0.1, 0.15) is 5.82 Å². The second-order valence-electron chi connectivity index (χ2n) is 4.41. The predicted molar refractivity (Wildman–Crippen MR) is 67.6 cm³/mol. The van der Waals surface area contributed by atoms with Crippen LogP contribution in [0.2, 0.25) is 0 Å². The molecule has 1 aliphatic heterocycles. The number of nitrogens with one attached hydrogen (secondary N) is 1. The number of aromatic carboxylic acids is 1. The number of hydrogen-bond donors (Lipinski definition) is 3. The van der Waals surface area contributed by atoms with Gasteiger partial charge in [-0.05, 0) is 24.8 Å². The average Bonchev–Trinajstić information content (AvgIpc) is 2.84. The zero-order chi connectivity index (χ0) is 13.0. The molecule has 18 heavy (non-hydrogen) atoms. The van der Waals surface area contributed by atoms with Crippen LogP contribution in [-0.4, -0.2) is 35.8 Å². The van der Waals surface area contributed by atoms with Crippen molar-refractivity contribution in [2.24, 2.45) is 5.92 Å². The lowest BCUT2D eigenvalue weighted by atomic mass is 10.1. The first-order valence-electron chi connectivity index (χ1n) is 5.97. The van der Waals surface area contributed by atoms with Crippen molar-refractivity contribution in [3.63, 3.8) is 0 Å². The number of nitrogen functional groups attached to an aromatic ring is 1. The number of carboxylic acids is 1. The molecule has 0 aromatic carbocycles. The third-order valence-corrected chi connectivity index (χ3v) is 3.05. The van der Waals surface area contributed by atoms with Crippen molar-refractivity contribution in [3.8, 4) is 0 Å². The van der Waals surface area contributed by atoms with E-state index in [1.54, 1.807) is 0 Å². The largest absolute Gasteiger partial charge is 0.478 e. The summed E-state index contributed by atoms with van der Waals surface area (Å²) in [5.74, 6) is 0.0906. The number of nitrogens with two attached hydrogens (primary N) is 1. The Hall–Kier alpha value is -1.82. The molecule has 0 saturated carbocycles. The first-order chi connectivity index (χ1) is 8.66. The molecular weight excluding hydrogens is 234 g/mol. The number of rotatable bonds is 5. The van der Waals surface area contributed by atoms with Crippen molar-refractivity contribution in [2.45, 2.75) is 12.8 Å². The van der Waals surface area contributed by atoms with Gasteiger partial charge in [-0.3, -0.25) is 0 Å². The van der Waals surface area contributed by atoms with E-state index in [0.717, 1.165) is 32.6 Å². The summed E-state index contributed by atoms with van der Waals surface area (Å²) in [5.41, 5.74) is 5.79. The van der Waals surface area contributed by atoms with E-state index < -0.39 is 5.97 Å². The highest BCUT2D eigenvalue weighted by Gasteiger charge is 2.15. The van der Waals surface area contributed by atoms with Crippen LogP contribution in [0.1, 0.15) is 23.2 Å². The molecule has 2 rings (SSSR count). The highest BCUT2D eigenvalue weighted by molar-refractivity contribution is 5.94. The van der Waals surface area contributed by atoms with E-state index in [2.05, 4.69) is 10.3 Å². The SMILES string of the molecule is Nc1cnc(NCCC2CCOC2)cc1C(=O)O. The van der Waals surface area contributed by atoms with Crippen LogP contribution in [0.25, 0.3) is 0 Å². The Labute approximate surface area is 105 Å². The van der Waals surface area contributed by atoms with Crippen LogP contribution in [0.3, 0.4) is 0 Å². The van der Waals surface area contributed by atoms with Crippen molar-refractivity contribution >= 4 is 17.5 Å². The minimum absolute atomic E-state index is 0.0803. The van der Waals surface area contributed by atoms with E-state index in [1.165, 1.54) is 12.3 Å². The first kappa shape index (κ1) is 12.6. The fourth-order valence-corrected chi connectivity index (χ4v) is 1.96. The van der Waals surface area contributed by atoms with E-state index in [0.29, 0.717) is 11.7 Å². The smallest absolute Gasteiger partial charge is 0.337 e. The minimum atomic E-state index is -1.04. The Balaban J connectivity index is 1.88. The summed E-state index contributed by atoms with van der Waals surface area (Å²) in [6.45, 7) is 2.41. The molecule has 1 aromatic heterocycles. The van der Waals surface area contributed by atoms with Gasteiger partial charge in [0.15, 0.2) is 0 Å². The first-order valence-corrected chi connectivity index (χ1v) is 5.97. The zero-order valence-electron chi connectivity index (χ0n) is 10.1. The predicted octanol–water partition coefficient (Wildman–Crippen LogP) is 1.20. The van der Waals surface area contributed by atoms with Crippen molar-refractivity contribution in [2.75, 3.05) is 30.8 Å². The Kier molecular flexibility index (Phi) is 3.99. The maximum atomic E-state index is 10.9. The molecule has 1 aliphatic rings. The summed E-state index contributed by atoms with van der Waals surface area (Å²) >= 11 is 0. The molecule has 0 spiro atoms. The molecule has 6 heteroatoms. The molecule has 1 fully saturated rings. The number of carbonyl (C=O) groups is 1. The maximum absolute atomic E-state index is 10.9. The quantitative estimate of drug-likeness (QED) is 0.727. The molecule has 0 amide bonds. The standard InChI is InChI=1S/C12H17N3O3/c13-10-6-15-11(5-9(10)12(16)17)14-3-1-8-2-4-18-7-8/h5-6,8H,1-4,7,13H2,(H,14,15)(H,16,17). The average molecular weight is 251 g/mol. The van der Waals surface area contributed by atoms with Gasteiger partial charge in [-0.15, -0.1) is 0 Å². The summed E-state index contributed by atoms with van der Waals surface area (Å²) in [6.07, 6.45) is 3.45. The Morgan fingerprint density at radius 2 is 2.50 bits per heavy atom. The summed E-state index contributed by atoms with van der Waals surface area (Å²) in [4.78, 5) is 15.0. The molecule has 1 aromatic rings. The van der Waals surface area contributed by atoms with Gasteiger partial charge in [0.25, 0.3) is 0 Å². The molecule has 1 atom stereocenters. The molecule has 2 heterocycles. The van der Waals surface area contributed by atoms with Gasteiger partial charge in [0.2, 0.25) is 0 Å². The monoisotopic (exact) mass is 251 g/mol. The van der Waals surface area contributed by atoms with Gasteiger partial charge < -0.3 is 20.9 Å². The van der Waals surface area contributed by atoms with Gasteiger partial charge >= 0.3 is 5.97 Å². The Morgan fingerprint density at radius 1 is 1.67 bits per heavy atom. The number of carboxylic acid groups (broad SMARTS) is 1. The molecule has 98 valence electrons. The topological polar surface area (TPSA) is 97.5 Å². The van der Waals surface area contributed by atoms with Gasteiger partial charge in [-0.1, -0.05) is 0 Å². The zero-order valence-corrected chi connectivity index (χ0v) is 10.1. The second-order valence-corrected chi connectivity index (χ2v) is 4.41. The Morgan fingerprint density at radius 3 is 3.17 bits per heavy atom. The maximum Gasteiger partial charge on any atom is 0.337 e. The third kappa shape index (κ3) is 3.10. The van der Waals surface area contributed by atoms with E-state index in [1.807, 2.05) is 0 Å². The highest BCUT2D eigenvalue weighted by Crippen LogP contribution is 2.18. The van der Waals surface area contributed by atoms with Gasteiger partial charge in [0.05, 0.1) is 17.4 Å². The van der Waals surface area contributed by atoms with Crippen molar-refractivity contribution < 1.29 is 14.6 Å². The third-order valence-electron chi connectivity index (χ3n) is 3.05. The minimum Gasteiger partial charge on any atom is -0.478 e. The van der Waals surface area contributed by atoms with Crippen LogP contribution >= 0.6 is 0 Å². The van der Waals surface area contributed by atoms with Crippen LogP contribution in [0, 0.1) is 5.92 Å². The summed E-state index contributed by atoms with van der Waals surface area (Å²) in [5, 5.41) is 12.0. The van der Waals surface area contributed by atoms with E-state index >= 15 is 0 Å². The molecule has 0 bridgehead atoms. The van der Waals surface area contributed by atoms with Crippen molar-refractivity contribution in [1.82, 2.24) is 4.98 Å². The van der Waals surface area contributed by atoms with Crippen LogP contribution in [0.15, 0.2) is 12.3 Å². The van der Waals surface area contributed by atoms with Gasteiger partial charge in [-0.25, -0.2) is 9.78 Å². The number of aromatic nitrogens is 1. The molecule has 1 saturated heterocycles. The normalized spacial score (nSPS) is 18.8. The van der Waals surface area contributed by atoms with E-state index in [-0.39, 0.29) is 11.3 Å². The molecule has 6 nitrogen and oxygen atoms in total. The Bertz CT molecular complexity index is 431. The van der Waals surface area contributed by atoms with E-state index in [4.69, 9.17) is 15.6 Å². The van der Waals surface area contributed by atoms with Crippen molar-refractivity contribution in [1.29, 1.82) is 0 Å². The van der Waals surface area contributed by atoms with Crippen LogP contribution in [0.4, 0.5) is 11.5 Å². The fourth-order valence-electron chi connectivity index (χ4n) is 1.96. The molecule has 1 unspecified atom stereocenters. The lowest BCUT2D eigenvalue weighted by Gasteiger charge is -2.10. The lowest BCUT2D eigenvalue weighted by Crippen LogP contribution is -2.11. The summed E-state index contributed by atoms with van der Waals surface area (Å²) in [6, 6.07) is 1.46. The van der Waals surface area contributed by atoms with Crippen LogP contribution in [-0.2, 0) is 4.74 Å². The summed E-state index contributed by atoms with van der Waals surface area (Å²) < 4.78 is 5.29. The van der Waals surface area contributed by atoms with Gasteiger partial charge in [0, 0.05) is 19.8 Å². The number of nitrogens with zero attached hydrogens (tertiary/aromatic N) is 1. The van der Waals surface area contributed by atoms with E-state index in [9.17, 15) is 4.79 Å². The number of anilines is 2. The fraction of sp³-hybridized carbons (Fsp3) is 0.500. The molecule has 0 aliphatic carbocycles. The van der Waals surface area contributed by atoms with Crippen LogP contribution in [0.5, 0.6) is 0 Å². The van der Waals surface area contributed by atoms with Crippen LogP contribution < -0.4 is 11.1 Å². The van der Waals surface area contributed by atoms with Gasteiger partial charge in [-0.2, -0.15) is 0 Å². The molecule has 0 radical (unpaired) electrons. The summed E-state index contributed by atoms with van der Waals surface area (Å²) in [7, 11) is 0. The highest BCUT2D eigenvalue weighted by atomic mass is 16.5. The number of ether oxygens (including phenoxy) is 1. The lowest BCUT2D eigenvalue weighted by molar-refractivity contribution is 0.0698. The second kappa shape index (κ2) is 5.68. The molecular formula is C12H17N3O3. The molecule has 4 N–H and O–H groups in total.